The lowest BCUT2D eigenvalue weighted by Crippen LogP contribution is -2.56. The van der Waals surface area contributed by atoms with Gasteiger partial charge in [0.2, 0.25) is 5.91 Å². The number of carbonyl (C=O) groups excluding carboxylic acids is 2. The molecule has 1 unspecified atom stereocenters. The zero-order valence-electron chi connectivity index (χ0n) is 8.03. The van der Waals surface area contributed by atoms with Crippen molar-refractivity contribution in [1.29, 1.82) is 0 Å². The van der Waals surface area contributed by atoms with Gasteiger partial charge in [-0.2, -0.15) is 0 Å². The minimum absolute atomic E-state index is 0.0353. The second kappa shape index (κ2) is 2.72. The number of rotatable bonds is 2. The maximum atomic E-state index is 11.7. The Hall–Kier alpha value is -1.06. The third-order valence-electron chi connectivity index (χ3n) is 3.29. The molecule has 0 aromatic rings. The Kier molecular flexibility index (Phi) is 1.60. The van der Waals surface area contributed by atoms with E-state index in [-0.39, 0.29) is 24.0 Å². The number of imide groups is 1. The highest BCUT2D eigenvalue weighted by Crippen LogP contribution is 2.37. The van der Waals surface area contributed by atoms with Crippen LogP contribution in [-0.2, 0) is 4.79 Å². The van der Waals surface area contributed by atoms with Crippen LogP contribution in [-0.4, -0.2) is 28.9 Å². The standard InChI is InChI=1S/C10H14N2O2/c13-9-5-8(6-1-2-6)11-10(14)12(9)7-3-4-7/h6-8H,1-5H2,(H,11,14). The second-order valence-electron chi connectivity index (χ2n) is 4.59. The average molecular weight is 194 g/mol. The molecule has 0 spiro atoms. The smallest absolute Gasteiger partial charge is 0.324 e. The third kappa shape index (κ3) is 1.29. The summed E-state index contributed by atoms with van der Waals surface area (Å²) in [4.78, 5) is 24.7. The minimum atomic E-state index is -0.152. The molecule has 1 N–H and O–H groups in total. The van der Waals surface area contributed by atoms with Gasteiger partial charge in [0.15, 0.2) is 0 Å². The molecule has 1 heterocycles. The number of urea groups is 1. The van der Waals surface area contributed by atoms with Crippen molar-refractivity contribution < 1.29 is 9.59 Å². The number of carbonyl (C=O) groups is 2. The van der Waals surface area contributed by atoms with E-state index in [2.05, 4.69) is 5.32 Å². The Morgan fingerprint density at radius 3 is 2.36 bits per heavy atom. The molecule has 1 saturated heterocycles. The summed E-state index contributed by atoms with van der Waals surface area (Å²) in [6, 6.07) is 0.188. The number of hydrogen-bond donors (Lipinski definition) is 1. The maximum absolute atomic E-state index is 11.7. The van der Waals surface area contributed by atoms with Crippen LogP contribution in [0.4, 0.5) is 4.79 Å². The van der Waals surface area contributed by atoms with Gasteiger partial charge in [0, 0.05) is 18.5 Å². The zero-order valence-corrected chi connectivity index (χ0v) is 8.03. The van der Waals surface area contributed by atoms with E-state index < -0.39 is 0 Å². The Morgan fingerprint density at radius 1 is 1.14 bits per heavy atom. The van der Waals surface area contributed by atoms with Crippen molar-refractivity contribution in [2.75, 3.05) is 0 Å². The van der Waals surface area contributed by atoms with E-state index in [1.165, 1.54) is 17.7 Å². The van der Waals surface area contributed by atoms with Gasteiger partial charge in [0.1, 0.15) is 0 Å². The minimum Gasteiger partial charge on any atom is -0.334 e. The summed E-state index contributed by atoms with van der Waals surface area (Å²) < 4.78 is 0. The molecule has 0 radical (unpaired) electrons. The van der Waals surface area contributed by atoms with Crippen molar-refractivity contribution >= 4 is 11.9 Å². The van der Waals surface area contributed by atoms with Gasteiger partial charge >= 0.3 is 6.03 Å². The van der Waals surface area contributed by atoms with Crippen LogP contribution in [0.2, 0.25) is 0 Å². The molecule has 3 aliphatic rings. The molecule has 2 aliphatic carbocycles. The largest absolute Gasteiger partial charge is 0.334 e. The van der Waals surface area contributed by atoms with Gasteiger partial charge in [0.25, 0.3) is 0 Å². The summed E-state index contributed by atoms with van der Waals surface area (Å²) in [5.74, 6) is 0.609. The average Bonchev–Trinajstić information content (AvgIpc) is 2.99. The number of nitrogens with zero attached hydrogens (tertiary/aromatic N) is 1. The van der Waals surface area contributed by atoms with Crippen molar-refractivity contribution in [1.82, 2.24) is 10.2 Å². The first-order valence-corrected chi connectivity index (χ1v) is 5.38. The molecule has 76 valence electrons. The summed E-state index contributed by atoms with van der Waals surface area (Å²) in [6.45, 7) is 0. The molecule has 4 nitrogen and oxygen atoms in total. The molecular weight excluding hydrogens is 180 g/mol. The van der Waals surface area contributed by atoms with E-state index in [1.54, 1.807) is 0 Å². The first-order valence-electron chi connectivity index (χ1n) is 5.38. The summed E-state index contributed by atoms with van der Waals surface area (Å²) in [6.07, 6.45) is 4.84. The van der Waals surface area contributed by atoms with Crippen molar-refractivity contribution in [3.63, 3.8) is 0 Å². The highest BCUT2D eigenvalue weighted by atomic mass is 16.2. The van der Waals surface area contributed by atoms with E-state index in [1.807, 2.05) is 0 Å². The predicted octanol–water partition coefficient (Wildman–Crippen LogP) is 0.869. The topological polar surface area (TPSA) is 49.4 Å². The molecule has 0 aromatic heterocycles. The maximum Gasteiger partial charge on any atom is 0.324 e. The first-order chi connectivity index (χ1) is 6.75. The highest BCUT2D eigenvalue weighted by Gasteiger charge is 2.45. The molecule has 14 heavy (non-hydrogen) atoms. The monoisotopic (exact) mass is 194 g/mol. The number of amides is 3. The van der Waals surface area contributed by atoms with Crippen molar-refractivity contribution in [2.45, 2.75) is 44.2 Å². The molecule has 1 atom stereocenters. The van der Waals surface area contributed by atoms with Crippen LogP contribution in [0.1, 0.15) is 32.1 Å². The second-order valence-corrected chi connectivity index (χ2v) is 4.59. The first kappa shape index (κ1) is 8.26. The lowest BCUT2D eigenvalue weighted by molar-refractivity contribution is -0.130. The third-order valence-corrected chi connectivity index (χ3v) is 3.29. The quantitative estimate of drug-likeness (QED) is 0.709. The van der Waals surface area contributed by atoms with Crippen molar-refractivity contribution in [3.8, 4) is 0 Å². The number of hydrogen-bond acceptors (Lipinski definition) is 2. The van der Waals surface area contributed by atoms with Crippen molar-refractivity contribution in [3.05, 3.63) is 0 Å². The van der Waals surface area contributed by atoms with E-state index >= 15 is 0 Å². The SMILES string of the molecule is O=C1CC(C2CC2)NC(=O)N1C1CC1. The van der Waals surface area contributed by atoms with Crippen LogP contribution in [0, 0.1) is 5.92 Å². The van der Waals surface area contributed by atoms with Crippen LogP contribution in [0.25, 0.3) is 0 Å². The predicted molar refractivity (Wildman–Crippen MR) is 49.5 cm³/mol. The van der Waals surface area contributed by atoms with Gasteiger partial charge in [-0.05, 0) is 31.6 Å². The van der Waals surface area contributed by atoms with Crippen LogP contribution >= 0.6 is 0 Å². The van der Waals surface area contributed by atoms with Gasteiger partial charge in [-0.1, -0.05) is 0 Å². The Labute approximate surface area is 82.6 Å². The van der Waals surface area contributed by atoms with Gasteiger partial charge in [-0.3, -0.25) is 9.69 Å². The molecule has 3 amide bonds. The van der Waals surface area contributed by atoms with Gasteiger partial charge in [-0.15, -0.1) is 0 Å². The van der Waals surface area contributed by atoms with Crippen molar-refractivity contribution in [2.24, 2.45) is 5.92 Å². The van der Waals surface area contributed by atoms with E-state index in [0.29, 0.717) is 12.3 Å². The van der Waals surface area contributed by atoms with Crippen LogP contribution in [0.5, 0.6) is 0 Å². The summed E-state index contributed by atoms with van der Waals surface area (Å²) in [5.41, 5.74) is 0. The lowest BCUT2D eigenvalue weighted by Gasteiger charge is -2.31. The highest BCUT2D eigenvalue weighted by molar-refractivity contribution is 5.98. The lowest BCUT2D eigenvalue weighted by atomic mass is 10.1. The fraction of sp³-hybridized carbons (Fsp3) is 0.800. The number of nitrogens with one attached hydrogen (secondary N) is 1. The van der Waals surface area contributed by atoms with Gasteiger partial charge in [0.05, 0.1) is 0 Å². The van der Waals surface area contributed by atoms with Gasteiger partial charge < -0.3 is 5.32 Å². The molecule has 3 fully saturated rings. The molecule has 3 rings (SSSR count). The van der Waals surface area contributed by atoms with Crippen LogP contribution in [0.3, 0.4) is 0 Å². The van der Waals surface area contributed by atoms with Crippen LogP contribution < -0.4 is 5.32 Å². The fourth-order valence-electron chi connectivity index (χ4n) is 2.16. The van der Waals surface area contributed by atoms with E-state index in [9.17, 15) is 9.59 Å². The fourth-order valence-corrected chi connectivity index (χ4v) is 2.16. The normalized spacial score (nSPS) is 33.1. The van der Waals surface area contributed by atoms with E-state index in [0.717, 1.165) is 12.8 Å². The van der Waals surface area contributed by atoms with Gasteiger partial charge in [-0.25, -0.2) is 4.79 Å². The molecule has 2 saturated carbocycles. The Morgan fingerprint density at radius 2 is 1.86 bits per heavy atom. The molecule has 4 heteroatoms. The summed E-state index contributed by atoms with van der Waals surface area (Å²) in [7, 11) is 0. The zero-order chi connectivity index (χ0) is 9.71. The Balaban J connectivity index is 1.72. The summed E-state index contributed by atoms with van der Waals surface area (Å²) in [5, 5.41) is 2.95. The molecule has 0 bridgehead atoms. The Bertz CT molecular complexity index is 276. The molecule has 1 aliphatic heterocycles. The molecule has 0 aromatic carbocycles. The summed E-state index contributed by atoms with van der Waals surface area (Å²) >= 11 is 0. The van der Waals surface area contributed by atoms with Crippen LogP contribution in [0.15, 0.2) is 0 Å². The molecular formula is C10H14N2O2. The van der Waals surface area contributed by atoms with E-state index in [4.69, 9.17) is 0 Å².